The topological polar surface area (TPSA) is 92.2 Å². The van der Waals surface area contributed by atoms with Crippen molar-refractivity contribution in [2.45, 2.75) is 18.9 Å². The minimum Gasteiger partial charge on any atom is -0.872 e. The largest absolute Gasteiger partial charge is 0.872 e. The van der Waals surface area contributed by atoms with Gasteiger partial charge in [0.15, 0.2) is 0 Å². The van der Waals surface area contributed by atoms with E-state index in [0.29, 0.717) is 6.54 Å². The van der Waals surface area contributed by atoms with Crippen molar-refractivity contribution in [1.82, 2.24) is 0 Å². The van der Waals surface area contributed by atoms with Gasteiger partial charge in [0.05, 0.1) is 37.2 Å². The molecule has 2 aromatic rings. The van der Waals surface area contributed by atoms with E-state index < -0.39 is 4.92 Å². The molecule has 1 saturated heterocycles. The van der Waals surface area contributed by atoms with Crippen molar-refractivity contribution in [3.63, 3.8) is 0 Å². The molecule has 2 aromatic carbocycles. The lowest BCUT2D eigenvalue weighted by Gasteiger charge is -2.25. The van der Waals surface area contributed by atoms with E-state index in [-0.39, 0.29) is 23.0 Å². The predicted molar refractivity (Wildman–Crippen MR) is 101 cm³/mol. The Labute approximate surface area is 158 Å². The molecule has 1 N–H and O–H groups in total. The third-order valence-corrected chi connectivity index (χ3v) is 4.98. The van der Waals surface area contributed by atoms with Gasteiger partial charge in [-0.1, -0.05) is 23.9 Å². The van der Waals surface area contributed by atoms with E-state index in [1.54, 1.807) is 7.11 Å². The van der Waals surface area contributed by atoms with Crippen LogP contribution in [0, 0.1) is 10.1 Å². The molecule has 1 aliphatic rings. The normalized spacial score (nSPS) is 15.9. The van der Waals surface area contributed by atoms with Crippen LogP contribution in [0.25, 0.3) is 0 Å². The number of aliphatic imine (C=N–C) groups is 1. The molecule has 27 heavy (non-hydrogen) atoms. The maximum atomic E-state index is 12.0. The van der Waals surface area contributed by atoms with E-state index in [1.165, 1.54) is 42.2 Å². The average Bonchev–Trinajstić information content (AvgIpc) is 3.21. The molecule has 1 heterocycles. The molecule has 0 amide bonds. The summed E-state index contributed by atoms with van der Waals surface area (Å²) in [6.45, 7) is 2.63. The molecule has 0 bridgehead atoms. The number of non-ortho nitro benzene ring substituents is 1. The second-order valence-electron chi connectivity index (χ2n) is 6.63. The summed E-state index contributed by atoms with van der Waals surface area (Å²) < 4.78 is 5.52. The lowest BCUT2D eigenvalue weighted by Crippen LogP contribution is -3.10. The van der Waals surface area contributed by atoms with Crippen molar-refractivity contribution < 1.29 is 19.7 Å². The number of benzene rings is 2. The molecule has 0 radical (unpaired) electrons. The van der Waals surface area contributed by atoms with Crippen molar-refractivity contribution in [3.8, 4) is 11.5 Å². The standard InChI is InChI=1S/C20H23N3O4/c1-27-20-7-3-2-6-17(20)18(22-10-4-5-11-22)14-21-13-15-12-16(23(25)26)8-9-19(15)24/h2-3,6-9,12-13,18,24H,4-5,10-11,14H2,1H3/t18-/m1/s1. The number of nitrogens with zero attached hydrogens (tertiary/aromatic N) is 2. The van der Waals surface area contributed by atoms with Crippen LogP contribution in [0.15, 0.2) is 47.5 Å². The number of ether oxygens (including phenoxy) is 1. The van der Waals surface area contributed by atoms with E-state index in [0.717, 1.165) is 24.4 Å². The maximum Gasteiger partial charge on any atom is 0.270 e. The average molecular weight is 369 g/mol. The number of quaternary nitrogens is 1. The molecule has 0 unspecified atom stereocenters. The number of nitro groups is 1. The van der Waals surface area contributed by atoms with Gasteiger partial charge in [-0.2, -0.15) is 0 Å². The Hall–Kier alpha value is -2.93. The summed E-state index contributed by atoms with van der Waals surface area (Å²) in [7, 11) is 1.66. The number of hydrogen-bond acceptors (Lipinski definition) is 5. The lowest BCUT2D eigenvalue weighted by atomic mass is 10.0. The molecule has 7 heteroatoms. The number of nitro benzene ring substituents is 1. The Morgan fingerprint density at radius 3 is 2.70 bits per heavy atom. The molecule has 1 atom stereocenters. The summed E-state index contributed by atoms with van der Waals surface area (Å²) in [6.07, 6.45) is 3.81. The van der Waals surface area contributed by atoms with E-state index in [4.69, 9.17) is 4.74 Å². The first-order valence-electron chi connectivity index (χ1n) is 9.03. The Kier molecular flexibility index (Phi) is 6.03. The molecule has 7 nitrogen and oxygen atoms in total. The minimum atomic E-state index is -0.511. The Morgan fingerprint density at radius 1 is 1.26 bits per heavy atom. The molecule has 142 valence electrons. The van der Waals surface area contributed by atoms with Gasteiger partial charge in [-0.15, -0.1) is 0 Å². The highest BCUT2D eigenvalue weighted by molar-refractivity contribution is 5.84. The fourth-order valence-corrected chi connectivity index (χ4v) is 3.59. The number of likely N-dealkylation sites (tertiary alicyclic amines) is 1. The van der Waals surface area contributed by atoms with E-state index >= 15 is 0 Å². The fraction of sp³-hybridized carbons (Fsp3) is 0.350. The molecule has 0 saturated carbocycles. The van der Waals surface area contributed by atoms with Gasteiger partial charge in [0, 0.05) is 31.2 Å². The maximum absolute atomic E-state index is 12.0. The molecule has 0 spiro atoms. The number of para-hydroxylation sites is 1. The van der Waals surface area contributed by atoms with Crippen LogP contribution in [0.1, 0.15) is 30.0 Å². The van der Waals surface area contributed by atoms with Gasteiger partial charge in [-0.25, -0.2) is 0 Å². The van der Waals surface area contributed by atoms with Gasteiger partial charge < -0.3 is 14.7 Å². The molecule has 3 rings (SSSR count). The van der Waals surface area contributed by atoms with Gasteiger partial charge in [-0.05, 0) is 17.7 Å². The SMILES string of the molecule is COc1ccccc1[C@@H](CN=Cc1cc([N+](=O)[O-])ccc1[O-])[NH+]1CCCC1. The van der Waals surface area contributed by atoms with Crippen LogP contribution in [0.3, 0.4) is 0 Å². The van der Waals surface area contributed by atoms with Crippen molar-refractivity contribution in [2.24, 2.45) is 4.99 Å². The molecular formula is C20H23N3O4. The highest BCUT2D eigenvalue weighted by Gasteiger charge is 2.29. The number of nitrogens with one attached hydrogen (secondary N) is 1. The Morgan fingerprint density at radius 2 is 2.00 bits per heavy atom. The smallest absolute Gasteiger partial charge is 0.270 e. The number of hydrogen-bond donors (Lipinski definition) is 1. The van der Waals surface area contributed by atoms with Crippen molar-refractivity contribution in [2.75, 3.05) is 26.7 Å². The summed E-state index contributed by atoms with van der Waals surface area (Å²) in [5.74, 6) is 0.559. The van der Waals surface area contributed by atoms with Crippen LogP contribution < -0.4 is 14.7 Å². The number of methoxy groups -OCH3 is 1. The predicted octanol–water partition coefficient (Wildman–Crippen LogP) is 1.52. The van der Waals surface area contributed by atoms with Gasteiger partial charge in [0.25, 0.3) is 5.69 Å². The summed E-state index contributed by atoms with van der Waals surface area (Å²) in [4.78, 5) is 16.3. The van der Waals surface area contributed by atoms with Crippen LogP contribution in [-0.4, -0.2) is 37.9 Å². The summed E-state index contributed by atoms with van der Waals surface area (Å²) in [6, 6.07) is 11.7. The zero-order valence-corrected chi connectivity index (χ0v) is 15.3. The van der Waals surface area contributed by atoms with E-state index in [1.807, 2.05) is 18.2 Å². The van der Waals surface area contributed by atoms with Gasteiger partial charge in [0.2, 0.25) is 0 Å². The van der Waals surface area contributed by atoms with Gasteiger partial charge in [0.1, 0.15) is 11.8 Å². The summed E-state index contributed by atoms with van der Waals surface area (Å²) in [5.41, 5.74) is 1.22. The third-order valence-electron chi connectivity index (χ3n) is 4.98. The molecular weight excluding hydrogens is 346 g/mol. The first kappa shape index (κ1) is 18.8. The minimum absolute atomic E-state index is 0.109. The molecule has 0 aliphatic carbocycles. The molecule has 1 fully saturated rings. The lowest BCUT2D eigenvalue weighted by molar-refractivity contribution is -0.918. The summed E-state index contributed by atoms with van der Waals surface area (Å²) in [5, 5.41) is 22.9. The van der Waals surface area contributed by atoms with Crippen molar-refractivity contribution in [1.29, 1.82) is 0 Å². The molecule has 0 aromatic heterocycles. The highest BCUT2D eigenvalue weighted by atomic mass is 16.6. The van der Waals surface area contributed by atoms with Gasteiger partial charge >= 0.3 is 0 Å². The van der Waals surface area contributed by atoms with Crippen LogP contribution in [0.2, 0.25) is 0 Å². The second kappa shape index (κ2) is 8.64. The van der Waals surface area contributed by atoms with Crippen molar-refractivity contribution >= 4 is 11.9 Å². The highest BCUT2D eigenvalue weighted by Crippen LogP contribution is 2.24. The zero-order chi connectivity index (χ0) is 19.2. The van der Waals surface area contributed by atoms with Crippen LogP contribution in [0.4, 0.5) is 5.69 Å². The van der Waals surface area contributed by atoms with Crippen LogP contribution in [-0.2, 0) is 0 Å². The third kappa shape index (κ3) is 4.43. The Balaban J connectivity index is 1.84. The van der Waals surface area contributed by atoms with Crippen LogP contribution in [0.5, 0.6) is 11.5 Å². The fourth-order valence-electron chi connectivity index (χ4n) is 3.59. The second-order valence-corrected chi connectivity index (χ2v) is 6.63. The van der Waals surface area contributed by atoms with E-state index in [2.05, 4.69) is 11.1 Å². The Bertz CT molecular complexity index is 832. The first-order chi connectivity index (χ1) is 13.1. The monoisotopic (exact) mass is 369 g/mol. The van der Waals surface area contributed by atoms with Gasteiger partial charge in [-0.3, -0.25) is 15.1 Å². The summed E-state index contributed by atoms with van der Waals surface area (Å²) >= 11 is 0. The van der Waals surface area contributed by atoms with Crippen LogP contribution >= 0.6 is 0 Å². The first-order valence-corrected chi connectivity index (χ1v) is 9.03. The number of rotatable bonds is 7. The zero-order valence-electron chi connectivity index (χ0n) is 15.3. The van der Waals surface area contributed by atoms with E-state index in [9.17, 15) is 15.2 Å². The molecule has 1 aliphatic heterocycles. The quantitative estimate of drug-likeness (QED) is 0.455. The van der Waals surface area contributed by atoms with Crippen molar-refractivity contribution in [3.05, 3.63) is 63.7 Å².